The van der Waals surface area contributed by atoms with Crippen LogP contribution in [0.15, 0.2) is 12.3 Å². The molecule has 1 fully saturated rings. The van der Waals surface area contributed by atoms with Gasteiger partial charge in [-0.2, -0.15) is 0 Å². The van der Waals surface area contributed by atoms with Gasteiger partial charge in [0.1, 0.15) is 0 Å². The fourth-order valence-electron chi connectivity index (χ4n) is 2.21. The summed E-state index contributed by atoms with van der Waals surface area (Å²) >= 11 is 0. The lowest BCUT2D eigenvalue weighted by molar-refractivity contribution is 0.162. The van der Waals surface area contributed by atoms with Gasteiger partial charge in [0.15, 0.2) is 0 Å². The van der Waals surface area contributed by atoms with E-state index in [1.807, 2.05) is 0 Å². The third-order valence-electron chi connectivity index (χ3n) is 3.31. The van der Waals surface area contributed by atoms with Gasteiger partial charge in [-0.1, -0.05) is 27.4 Å². The zero-order chi connectivity index (χ0) is 13.0. The van der Waals surface area contributed by atoms with Crippen molar-refractivity contribution in [3.05, 3.63) is 12.3 Å². The Bertz CT molecular complexity index is 289. The van der Waals surface area contributed by atoms with E-state index in [9.17, 15) is 4.79 Å². The molecule has 0 aromatic heterocycles. The Labute approximate surface area is 104 Å². The van der Waals surface area contributed by atoms with Crippen molar-refractivity contribution in [3.8, 4) is 0 Å². The highest BCUT2D eigenvalue weighted by Gasteiger charge is 2.27. The summed E-state index contributed by atoms with van der Waals surface area (Å²) in [6.07, 6.45) is 0.805. The second-order valence-corrected chi connectivity index (χ2v) is 5.19. The monoisotopic (exact) mass is 240 g/mol. The third kappa shape index (κ3) is 3.65. The average Bonchev–Trinajstić information content (AvgIpc) is 2.71. The first-order chi connectivity index (χ1) is 7.95. The fourth-order valence-corrected chi connectivity index (χ4v) is 2.21. The molecular weight excluding hydrogens is 216 g/mol. The van der Waals surface area contributed by atoms with Crippen LogP contribution in [0.4, 0.5) is 4.79 Å². The average molecular weight is 240 g/mol. The lowest BCUT2D eigenvalue weighted by Gasteiger charge is -2.31. The molecule has 2 atom stereocenters. The first-order valence-electron chi connectivity index (χ1n) is 6.24. The number of carbonyl (C=O) groups excluding carboxylic acids is 1. The zero-order valence-electron chi connectivity index (χ0n) is 11.3. The SMILES string of the molecule is C=C([C@@H](NC(=O)OC)C(C)C)N1CC[C@H](C)C1. The molecule has 0 unspecified atom stereocenters. The van der Waals surface area contributed by atoms with E-state index in [1.165, 1.54) is 13.5 Å². The normalized spacial score (nSPS) is 21.5. The minimum atomic E-state index is -0.392. The molecule has 0 bridgehead atoms. The summed E-state index contributed by atoms with van der Waals surface area (Å²) in [5, 5.41) is 2.86. The molecule has 1 heterocycles. The summed E-state index contributed by atoms with van der Waals surface area (Å²) in [6, 6.07) is -0.0484. The van der Waals surface area contributed by atoms with Crippen molar-refractivity contribution in [1.82, 2.24) is 10.2 Å². The molecule has 17 heavy (non-hydrogen) atoms. The summed E-state index contributed by atoms with van der Waals surface area (Å²) < 4.78 is 4.66. The summed E-state index contributed by atoms with van der Waals surface area (Å²) in [7, 11) is 1.38. The number of nitrogens with one attached hydrogen (secondary N) is 1. The quantitative estimate of drug-likeness (QED) is 0.819. The summed E-state index contributed by atoms with van der Waals surface area (Å²) in [5.74, 6) is 1.01. The van der Waals surface area contributed by atoms with Crippen LogP contribution in [0, 0.1) is 11.8 Å². The van der Waals surface area contributed by atoms with Crippen LogP contribution in [-0.2, 0) is 4.74 Å². The molecule has 98 valence electrons. The Morgan fingerprint density at radius 3 is 2.59 bits per heavy atom. The highest BCUT2D eigenvalue weighted by molar-refractivity contribution is 5.67. The van der Waals surface area contributed by atoms with Crippen molar-refractivity contribution < 1.29 is 9.53 Å². The molecule has 1 saturated heterocycles. The van der Waals surface area contributed by atoms with Gasteiger partial charge in [-0.15, -0.1) is 0 Å². The maximum Gasteiger partial charge on any atom is 0.407 e. The van der Waals surface area contributed by atoms with Crippen LogP contribution in [0.2, 0.25) is 0 Å². The molecular formula is C13H24N2O2. The standard InChI is InChI=1S/C13H24N2O2/c1-9(2)12(14-13(16)17-5)11(4)15-7-6-10(3)8-15/h9-10,12H,4,6-8H2,1-3,5H3,(H,14,16)/t10-,12-/m0/s1. The van der Waals surface area contributed by atoms with Crippen molar-refractivity contribution >= 4 is 6.09 Å². The van der Waals surface area contributed by atoms with Crippen LogP contribution < -0.4 is 5.32 Å². The third-order valence-corrected chi connectivity index (χ3v) is 3.31. The first kappa shape index (κ1) is 13.9. The number of nitrogens with zero attached hydrogens (tertiary/aromatic N) is 1. The van der Waals surface area contributed by atoms with Gasteiger partial charge in [0, 0.05) is 18.8 Å². The van der Waals surface area contributed by atoms with Gasteiger partial charge in [0.25, 0.3) is 0 Å². The van der Waals surface area contributed by atoms with Gasteiger partial charge < -0.3 is 15.0 Å². The van der Waals surface area contributed by atoms with Crippen LogP contribution in [0.1, 0.15) is 27.2 Å². The highest BCUT2D eigenvalue weighted by Crippen LogP contribution is 2.23. The number of carbonyl (C=O) groups is 1. The smallest absolute Gasteiger partial charge is 0.407 e. The van der Waals surface area contributed by atoms with Crippen molar-refractivity contribution in [2.45, 2.75) is 33.2 Å². The van der Waals surface area contributed by atoms with E-state index in [1.54, 1.807) is 0 Å². The zero-order valence-corrected chi connectivity index (χ0v) is 11.3. The number of hydrogen-bond acceptors (Lipinski definition) is 3. The molecule has 1 aliphatic rings. The largest absolute Gasteiger partial charge is 0.453 e. The number of ether oxygens (including phenoxy) is 1. The molecule has 4 nitrogen and oxygen atoms in total. The molecule has 1 aliphatic heterocycles. The van der Waals surface area contributed by atoms with Gasteiger partial charge in [0.2, 0.25) is 0 Å². The van der Waals surface area contributed by atoms with E-state index in [0.29, 0.717) is 11.8 Å². The molecule has 0 aliphatic carbocycles. The second-order valence-electron chi connectivity index (χ2n) is 5.19. The van der Waals surface area contributed by atoms with Crippen molar-refractivity contribution in [1.29, 1.82) is 0 Å². The summed E-state index contributed by atoms with van der Waals surface area (Å²) in [6.45, 7) is 12.6. The number of hydrogen-bond donors (Lipinski definition) is 1. The maximum atomic E-state index is 11.3. The number of methoxy groups -OCH3 is 1. The Morgan fingerprint density at radius 1 is 1.53 bits per heavy atom. The van der Waals surface area contributed by atoms with E-state index in [4.69, 9.17) is 0 Å². The Hall–Kier alpha value is -1.19. The molecule has 0 radical (unpaired) electrons. The molecule has 1 amide bonds. The molecule has 1 rings (SSSR count). The highest BCUT2D eigenvalue weighted by atomic mass is 16.5. The summed E-state index contributed by atoms with van der Waals surface area (Å²) in [4.78, 5) is 13.6. The van der Waals surface area contributed by atoms with Crippen LogP contribution in [0.5, 0.6) is 0 Å². The van der Waals surface area contributed by atoms with E-state index in [0.717, 1.165) is 18.8 Å². The second kappa shape index (κ2) is 5.94. The Morgan fingerprint density at radius 2 is 2.18 bits per heavy atom. The predicted molar refractivity (Wildman–Crippen MR) is 68.7 cm³/mol. The number of likely N-dealkylation sites (tertiary alicyclic amines) is 1. The lowest BCUT2D eigenvalue weighted by Crippen LogP contribution is -2.44. The molecule has 0 spiro atoms. The van der Waals surface area contributed by atoms with Gasteiger partial charge >= 0.3 is 6.09 Å². The van der Waals surface area contributed by atoms with Crippen molar-refractivity contribution in [2.75, 3.05) is 20.2 Å². The van der Waals surface area contributed by atoms with E-state index < -0.39 is 6.09 Å². The topological polar surface area (TPSA) is 41.6 Å². The van der Waals surface area contributed by atoms with Crippen LogP contribution in [0.3, 0.4) is 0 Å². The Kier molecular flexibility index (Phi) is 4.85. The molecule has 0 saturated carbocycles. The molecule has 0 aromatic carbocycles. The fraction of sp³-hybridized carbons (Fsp3) is 0.769. The minimum absolute atomic E-state index is 0.0484. The van der Waals surface area contributed by atoms with Crippen LogP contribution in [0.25, 0.3) is 0 Å². The minimum Gasteiger partial charge on any atom is -0.453 e. The maximum absolute atomic E-state index is 11.3. The molecule has 4 heteroatoms. The van der Waals surface area contributed by atoms with E-state index in [2.05, 4.69) is 42.3 Å². The van der Waals surface area contributed by atoms with Crippen LogP contribution in [-0.4, -0.2) is 37.2 Å². The van der Waals surface area contributed by atoms with Gasteiger partial charge in [-0.3, -0.25) is 0 Å². The Balaban J connectivity index is 2.63. The van der Waals surface area contributed by atoms with Gasteiger partial charge in [-0.05, 0) is 18.3 Å². The van der Waals surface area contributed by atoms with E-state index >= 15 is 0 Å². The molecule has 0 aromatic rings. The summed E-state index contributed by atoms with van der Waals surface area (Å²) in [5.41, 5.74) is 0.995. The van der Waals surface area contributed by atoms with Gasteiger partial charge in [0.05, 0.1) is 13.2 Å². The van der Waals surface area contributed by atoms with Crippen LogP contribution >= 0.6 is 0 Å². The van der Waals surface area contributed by atoms with E-state index in [-0.39, 0.29) is 6.04 Å². The number of amides is 1. The van der Waals surface area contributed by atoms with Crippen molar-refractivity contribution in [3.63, 3.8) is 0 Å². The van der Waals surface area contributed by atoms with Gasteiger partial charge in [-0.25, -0.2) is 4.79 Å². The first-order valence-corrected chi connectivity index (χ1v) is 6.24. The lowest BCUT2D eigenvalue weighted by atomic mass is 10.0. The number of alkyl carbamates (subject to hydrolysis) is 1. The van der Waals surface area contributed by atoms with Crippen molar-refractivity contribution in [2.24, 2.45) is 11.8 Å². The molecule has 1 N–H and O–H groups in total. The number of rotatable bonds is 4. The predicted octanol–water partition coefficient (Wildman–Crippen LogP) is 2.22.